The Morgan fingerprint density at radius 3 is 2.61 bits per heavy atom. The highest BCUT2D eigenvalue weighted by Gasteiger charge is 2.12. The first-order valence-corrected chi connectivity index (χ1v) is 6.69. The van der Waals surface area contributed by atoms with Crippen molar-refractivity contribution < 1.29 is 4.39 Å². The van der Waals surface area contributed by atoms with Gasteiger partial charge in [0, 0.05) is 6.54 Å². The Morgan fingerprint density at radius 2 is 2.00 bits per heavy atom. The minimum Gasteiger partial charge on any atom is -0.330 e. The molecular formula is C14H19FN2S. The maximum absolute atomic E-state index is 13.5. The zero-order valence-corrected chi connectivity index (χ0v) is 12.1. The quantitative estimate of drug-likeness (QED) is 0.815. The number of hydrogen-bond donors (Lipinski definition) is 1. The molecule has 0 saturated heterocycles. The van der Waals surface area contributed by atoms with E-state index in [1.165, 1.54) is 6.07 Å². The Kier molecular flexibility index (Phi) is 3.57. The van der Waals surface area contributed by atoms with Crippen LogP contribution in [0.15, 0.2) is 12.1 Å². The summed E-state index contributed by atoms with van der Waals surface area (Å²) in [5.74, 6) is 0.933. The molecule has 2 nitrogen and oxygen atoms in total. The van der Waals surface area contributed by atoms with Gasteiger partial charge in [-0.25, -0.2) is 4.39 Å². The molecule has 18 heavy (non-hydrogen) atoms. The van der Waals surface area contributed by atoms with E-state index in [1.54, 1.807) is 6.92 Å². The molecule has 0 aliphatic rings. The second kappa shape index (κ2) is 4.84. The van der Waals surface area contributed by atoms with Gasteiger partial charge in [-0.3, -0.25) is 0 Å². The monoisotopic (exact) mass is 266 g/mol. The molecule has 2 rings (SSSR count). The van der Waals surface area contributed by atoms with Crippen LogP contribution in [0, 0.1) is 29.3 Å². The van der Waals surface area contributed by atoms with Crippen LogP contribution in [0.1, 0.15) is 26.3 Å². The molecule has 0 fully saturated rings. The number of H-pyrrole nitrogens is 1. The molecule has 1 N–H and O–H groups in total. The molecule has 98 valence electrons. The molecule has 0 radical (unpaired) electrons. The molecule has 0 saturated carbocycles. The van der Waals surface area contributed by atoms with E-state index in [1.807, 2.05) is 6.07 Å². The summed E-state index contributed by atoms with van der Waals surface area (Å²) < 4.78 is 16.3. The summed E-state index contributed by atoms with van der Waals surface area (Å²) in [4.78, 5) is 3.08. The van der Waals surface area contributed by atoms with Gasteiger partial charge in [-0.15, -0.1) is 0 Å². The molecule has 0 aliphatic heterocycles. The van der Waals surface area contributed by atoms with Gasteiger partial charge < -0.3 is 9.55 Å². The van der Waals surface area contributed by atoms with Crippen LogP contribution in [0.25, 0.3) is 11.0 Å². The summed E-state index contributed by atoms with van der Waals surface area (Å²) in [5.41, 5.74) is 2.42. The number of aromatic nitrogens is 2. The van der Waals surface area contributed by atoms with E-state index in [9.17, 15) is 4.39 Å². The van der Waals surface area contributed by atoms with Crippen molar-refractivity contribution in [3.63, 3.8) is 0 Å². The normalized spacial score (nSPS) is 13.4. The highest BCUT2D eigenvalue weighted by molar-refractivity contribution is 7.71. The third-order valence-corrected chi connectivity index (χ3v) is 3.99. The summed E-state index contributed by atoms with van der Waals surface area (Å²) in [6.45, 7) is 9.26. The van der Waals surface area contributed by atoms with Gasteiger partial charge >= 0.3 is 0 Å². The molecule has 1 unspecified atom stereocenters. The summed E-state index contributed by atoms with van der Waals surface area (Å²) >= 11 is 5.33. The van der Waals surface area contributed by atoms with Gasteiger partial charge in [-0.2, -0.15) is 0 Å². The average molecular weight is 266 g/mol. The largest absolute Gasteiger partial charge is 0.330 e. The smallest absolute Gasteiger partial charge is 0.178 e. The molecule has 4 heteroatoms. The van der Waals surface area contributed by atoms with E-state index >= 15 is 0 Å². The molecular weight excluding hydrogens is 247 g/mol. The van der Waals surface area contributed by atoms with Crippen LogP contribution < -0.4 is 0 Å². The number of hydrogen-bond acceptors (Lipinski definition) is 1. The standard InChI is InChI=1S/C14H19FN2S/c1-8(2)10(4)7-17-13-5-9(3)11(15)6-12(13)16-14(17)18/h5-6,8,10H,7H2,1-4H3,(H,16,18). The Morgan fingerprint density at radius 1 is 1.33 bits per heavy atom. The maximum Gasteiger partial charge on any atom is 0.178 e. The fraction of sp³-hybridized carbons (Fsp3) is 0.500. The Labute approximate surface area is 112 Å². The lowest BCUT2D eigenvalue weighted by molar-refractivity contribution is 0.367. The summed E-state index contributed by atoms with van der Waals surface area (Å²) in [6, 6.07) is 3.39. The average Bonchev–Trinajstić information content (AvgIpc) is 2.56. The number of aromatic amines is 1. The van der Waals surface area contributed by atoms with Crippen LogP contribution in [0.5, 0.6) is 0 Å². The number of nitrogens with zero attached hydrogens (tertiary/aromatic N) is 1. The first kappa shape index (κ1) is 13.3. The highest BCUT2D eigenvalue weighted by atomic mass is 32.1. The van der Waals surface area contributed by atoms with Gasteiger partial charge in [0.1, 0.15) is 5.82 Å². The van der Waals surface area contributed by atoms with Crippen molar-refractivity contribution in [3.05, 3.63) is 28.3 Å². The predicted octanol–water partition coefficient (Wildman–Crippen LogP) is 4.44. The second-order valence-corrected chi connectivity index (χ2v) is 5.77. The molecule has 1 atom stereocenters. The molecule has 1 aromatic carbocycles. The first-order valence-electron chi connectivity index (χ1n) is 6.28. The highest BCUT2D eigenvalue weighted by Crippen LogP contribution is 2.21. The third kappa shape index (κ3) is 2.34. The number of imidazole rings is 1. The minimum absolute atomic E-state index is 0.192. The molecule has 0 aliphatic carbocycles. The number of halogens is 1. The van der Waals surface area contributed by atoms with E-state index in [0.29, 0.717) is 22.2 Å². The van der Waals surface area contributed by atoms with Crippen molar-refractivity contribution in [2.24, 2.45) is 11.8 Å². The number of nitrogens with one attached hydrogen (secondary N) is 1. The van der Waals surface area contributed by atoms with E-state index in [0.717, 1.165) is 17.6 Å². The van der Waals surface area contributed by atoms with Crippen molar-refractivity contribution in [1.82, 2.24) is 9.55 Å². The van der Waals surface area contributed by atoms with E-state index < -0.39 is 0 Å². The van der Waals surface area contributed by atoms with Crippen molar-refractivity contribution >= 4 is 23.3 Å². The summed E-state index contributed by atoms with van der Waals surface area (Å²) in [6.07, 6.45) is 0. The number of benzene rings is 1. The third-order valence-electron chi connectivity index (χ3n) is 3.66. The SMILES string of the molecule is Cc1cc2c(cc1F)[nH]c(=S)n2CC(C)C(C)C. The number of aryl methyl sites for hydroxylation is 1. The zero-order valence-electron chi connectivity index (χ0n) is 11.2. The topological polar surface area (TPSA) is 20.7 Å². The van der Waals surface area contributed by atoms with Crippen LogP contribution in [0.3, 0.4) is 0 Å². The zero-order chi connectivity index (χ0) is 13.4. The van der Waals surface area contributed by atoms with E-state index in [-0.39, 0.29) is 5.82 Å². The van der Waals surface area contributed by atoms with Crippen LogP contribution >= 0.6 is 12.2 Å². The molecule has 2 aromatic rings. The summed E-state index contributed by atoms with van der Waals surface area (Å²) in [7, 11) is 0. The van der Waals surface area contributed by atoms with Crippen molar-refractivity contribution in [2.45, 2.75) is 34.2 Å². The second-order valence-electron chi connectivity index (χ2n) is 5.38. The maximum atomic E-state index is 13.5. The molecule has 1 aromatic heterocycles. The number of fused-ring (bicyclic) bond motifs is 1. The van der Waals surface area contributed by atoms with Crippen LogP contribution in [0.4, 0.5) is 4.39 Å². The molecule has 0 amide bonds. The molecule has 0 bridgehead atoms. The van der Waals surface area contributed by atoms with Gasteiger partial charge in [-0.1, -0.05) is 20.8 Å². The van der Waals surface area contributed by atoms with Crippen LogP contribution in [-0.2, 0) is 6.54 Å². The van der Waals surface area contributed by atoms with Gasteiger partial charge in [0.25, 0.3) is 0 Å². The fourth-order valence-electron chi connectivity index (χ4n) is 1.96. The molecule has 1 heterocycles. The Balaban J connectivity index is 2.53. The first-order chi connectivity index (χ1) is 8.40. The predicted molar refractivity (Wildman–Crippen MR) is 75.8 cm³/mol. The van der Waals surface area contributed by atoms with Gasteiger partial charge in [0.15, 0.2) is 4.77 Å². The van der Waals surface area contributed by atoms with Gasteiger partial charge in [-0.05, 0) is 48.7 Å². The van der Waals surface area contributed by atoms with Crippen LogP contribution in [0.2, 0.25) is 0 Å². The Hall–Kier alpha value is -1.16. The van der Waals surface area contributed by atoms with Crippen LogP contribution in [-0.4, -0.2) is 9.55 Å². The van der Waals surface area contributed by atoms with Gasteiger partial charge in [0.05, 0.1) is 11.0 Å². The van der Waals surface area contributed by atoms with Crippen molar-refractivity contribution in [1.29, 1.82) is 0 Å². The van der Waals surface area contributed by atoms with Crippen molar-refractivity contribution in [2.75, 3.05) is 0 Å². The minimum atomic E-state index is -0.192. The lowest BCUT2D eigenvalue weighted by atomic mass is 9.98. The lowest BCUT2D eigenvalue weighted by Crippen LogP contribution is -2.13. The Bertz CT molecular complexity index is 624. The lowest BCUT2D eigenvalue weighted by Gasteiger charge is -2.16. The summed E-state index contributed by atoms with van der Waals surface area (Å²) in [5, 5.41) is 0. The fourth-order valence-corrected chi connectivity index (χ4v) is 2.24. The molecule has 0 spiro atoms. The van der Waals surface area contributed by atoms with Gasteiger partial charge in [0.2, 0.25) is 0 Å². The van der Waals surface area contributed by atoms with Crippen molar-refractivity contribution in [3.8, 4) is 0 Å². The van der Waals surface area contributed by atoms with E-state index in [2.05, 4.69) is 30.3 Å². The van der Waals surface area contributed by atoms with E-state index in [4.69, 9.17) is 12.2 Å². The number of rotatable bonds is 3.